The lowest BCUT2D eigenvalue weighted by Crippen LogP contribution is -2.13. The second-order valence-electron chi connectivity index (χ2n) is 4.56. The van der Waals surface area contributed by atoms with Crippen LogP contribution in [0.4, 0.5) is 10.3 Å². The summed E-state index contributed by atoms with van der Waals surface area (Å²) in [4.78, 5) is 23.9. The maximum absolute atomic E-state index is 12.7. The third-order valence-corrected chi connectivity index (χ3v) is 2.93. The van der Waals surface area contributed by atoms with Crippen molar-refractivity contribution >= 4 is 11.9 Å². The minimum Gasteiger partial charge on any atom is -0.462 e. The number of ether oxygens (including phenoxy) is 1. The average molecular weight is 304 g/mol. The van der Waals surface area contributed by atoms with Crippen molar-refractivity contribution in [3.8, 4) is 0 Å². The van der Waals surface area contributed by atoms with E-state index in [1.807, 2.05) is 0 Å². The van der Waals surface area contributed by atoms with E-state index in [0.717, 1.165) is 5.69 Å². The summed E-state index contributed by atoms with van der Waals surface area (Å²) >= 11 is 0. The average Bonchev–Trinajstić information content (AvgIpc) is 2.49. The van der Waals surface area contributed by atoms with E-state index >= 15 is 0 Å². The smallest absolute Gasteiger partial charge is 0.341 e. The van der Waals surface area contributed by atoms with Crippen LogP contribution in [0.25, 0.3) is 0 Å². The number of carbonyl (C=O) groups is 1. The lowest BCUT2D eigenvalue weighted by Gasteiger charge is -2.08. The van der Waals surface area contributed by atoms with Crippen molar-refractivity contribution in [1.29, 1.82) is 0 Å². The first-order chi connectivity index (χ1) is 10.6. The van der Waals surface area contributed by atoms with Gasteiger partial charge in [-0.25, -0.2) is 19.2 Å². The van der Waals surface area contributed by atoms with Crippen LogP contribution in [0, 0.1) is 12.7 Å². The zero-order chi connectivity index (χ0) is 15.9. The molecule has 2 heterocycles. The van der Waals surface area contributed by atoms with Gasteiger partial charge < -0.3 is 10.1 Å². The Hall–Kier alpha value is -2.57. The minimum atomic E-state index is -0.429. The summed E-state index contributed by atoms with van der Waals surface area (Å²) in [6.07, 6.45) is 3.24. The lowest BCUT2D eigenvalue weighted by molar-refractivity contribution is 0.0524. The van der Waals surface area contributed by atoms with Crippen LogP contribution in [-0.2, 0) is 11.2 Å². The van der Waals surface area contributed by atoms with Crippen LogP contribution in [0.5, 0.6) is 0 Å². The van der Waals surface area contributed by atoms with Gasteiger partial charge in [-0.05, 0) is 26.0 Å². The molecule has 0 atom stereocenters. The maximum atomic E-state index is 12.7. The molecular weight excluding hydrogens is 287 g/mol. The molecule has 2 aromatic rings. The second-order valence-corrected chi connectivity index (χ2v) is 4.56. The predicted molar refractivity (Wildman–Crippen MR) is 79.1 cm³/mol. The first-order valence-corrected chi connectivity index (χ1v) is 6.95. The number of anilines is 1. The minimum absolute atomic E-state index is 0.308. The Morgan fingerprint density at radius 3 is 2.77 bits per heavy atom. The number of nitrogens with zero attached hydrogens (tertiary/aromatic N) is 3. The van der Waals surface area contributed by atoms with Crippen molar-refractivity contribution in [2.75, 3.05) is 18.5 Å². The fraction of sp³-hybridized carbons (Fsp3) is 0.333. The van der Waals surface area contributed by atoms with Gasteiger partial charge in [0, 0.05) is 24.9 Å². The molecule has 0 aromatic carbocycles. The van der Waals surface area contributed by atoms with Crippen LogP contribution >= 0.6 is 0 Å². The third-order valence-electron chi connectivity index (χ3n) is 2.93. The summed E-state index contributed by atoms with van der Waals surface area (Å²) in [7, 11) is 0. The van der Waals surface area contributed by atoms with E-state index in [0.29, 0.717) is 36.8 Å². The number of esters is 1. The van der Waals surface area contributed by atoms with Crippen molar-refractivity contribution in [3.63, 3.8) is 0 Å². The van der Waals surface area contributed by atoms with Crippen LogP contribution in [0.15, 0.2) is 24.5 Å². The van der Waals surface area contributed by atoms with Crippen LogP contribution < -0.4 is 5.32 Å². The van der Waals surface area contributed by atoms with Crippen LogP contribution in [0.2, 0.25) is 0 Å². The maximum Gasteiger partial charge on any atom is 0.341 e. The number of aryl methyl sites for hydroxylation is 1. The molecule has 2 aromatic heterocycles. The molecule has 0 saturated carbocycles. The molecule has 0 aliphatic heterocycles. The molecular formula is C15H17FN4O2. The zero-order valence-electron chi connectivity index (χ0n) is 12.5. The van der Waals surface area contributed by atoms with Crippen molar-refractivity contribution in [3.05, 3.63) is 47.3 Å². The summed E-state index contributed by atoms with van der Waals surface area (Å²) in [5, 5.41) is 3.04. The number of pyridine rings is 1. The molecule has 22 heavy (non-hydrogen) atoms. The molecule has 2 rings (SSSR count). The predicted octanol–water partition coefficient (Wildman–Crippen LogP) is 2.15. The van der Waals surface area contributed by atoms with Gasteiger partial charge >= 0.3 is 5.97 Å². The summed E-state index contributed by atoms with van der Waals surface area (Å²) in [5.41, 5.74) is 1.68. The van der Waals surface area contributed by atoms with E-state index in [1.54, 1.807) is 19.9 Å². The monoisotopic (exact) mass is 304 g/mol. The Morgan fingerprint density at radius 2 is 2.14 bits per heavy atom. The highest BCUT2D eigenvalue weighted by atomic mass is 19.1. The standard InChI is InChI=1S/C15H17FN4O2/c1-3-22-14(21)13-9-19-15(20-10(13)2)17-7-6-12-5-4-11(16)8-18-12/h4-5,8-9H,3,6-7H2,1-2H3,(H,17,19,20). The van der Waals surface area contributed by atoms with E-state index in [-0.39, 0.29) is 5.82 Å². The highest BCUT2D eigenvalue weighted by Gasteiger charge is 2.12. The largest absolute Gasteiger partial charge is 0.462 e. The highest BCUT2D eigenvalue weighted by molar-refractivity contribution is 5.90. The first-order valence-electron chi connectivity index (χ1n) is 6.95. The molecule has 1 N–H and O–H groups in total. The van der Waals surface area contributed by atoms with Crippen molar-refractivity contribution in [1.82, 2.24) is 15.0 Å². The molecule has 116 valence electrons. The Bertz CT molecular complexity index is 646. The SMILES string of the molecule is CCOC(=O)c1cnc(NCCc2ccc(F)cn2)nc1C. The highest BCUT2D eigenvalue weighted by Crippen LogP contribution is 2.09. The van der Waals surface area contributed by atoms with Gasteiger partial charge in [-0.3, -0.25) is 4.98 Å². The number of halogens is 1. The van der Waals surface area contributed by atoms with Crippen LogP contribution in [0.3, 0.4) is 0 Å². The number of rotatable bonds is 6. The molecule has 0 unspecified atom stereocenters. The van der Waals surface area contributed by atoms with E-state index in [9.17, 15) is 9.18 Å². The van der Waals surface area contributed by atoms with Crippen molar-refractivity contribution in [2.24, 2.45) is 0 Å². The third kappa shape index (κ3) is 4.21. The fourth-order valence-electron chi connectivity index (χ4n) is 1.82. The van der Waals surface area contributed by atoms with E-state index in [2.05, 4.69) is 20.3 Å². The van der Waals surface area contributed by atoms with Gasteiger partial charge in [-0.15, -0.1) is 0 Å². The summed E-state index contributed by atoms with van der Waals surface area (Å²) < 4.78 is 17.7. The van der Waals surface area contributed by atoms with Crippen LogP contribution in [-0.4, -0.2) is 34.1 Å². The Morgan fingerprint density at radius 1 is 1.32 bits per heavy atom. The summed E-state index contributed by atoms with van der Waals surface area (Å²) in [6, 6.07) is 3.00. The van der Waals surface area contributed by atoms with E-state index in [4.69, 9.17) is 4.74 Å². The number of carbonyl (C=O) groups excluding carboxylic acids is 1. The number of aromatic nitrogens is 3. The van der Waals surface area contributed by atoms with Gasteiger partial charge in [0.05, 0.1) is 24.1 Å². The number of hydrogen-bond acceptors (Lipinski definition) is 6. The van der Waals surface area contributed by atoms with Gasteiger partial charge in [-0.2, -0.15) is 0 Å². The van der Waals surface area contributed by atoms with Crippen molar-refractivity contribution in [2.45, 2.75) is 20.3 Å². The normalized spacial score (nSPS) is 10.3. The Balaban J connectivity index is 1.92. The molecule has 0 saturated heterocycles. The first kappa shape index (κ1) is 15.8. The quantitative estimate of drug-likeness (QED) is 0.824. The summed E-state index contributed by atoms with van der Waals surface area (Å²) in [6.45, 7) is 4.33. The van der Waals surface area contributed by atoms with Gasteiger partial charge in [0.25, 0.3) is 0 Å². The zero-order valence-corrected chi connectivity index (χ0v) is 12.5. The molecule has 6 nitrogen and oxygen atoms in total. The Labute approximate surface area is 127 Å². The summed E-state index contributed by atoms with van der Waals surface area (Å²) in [5.74, 6) is -0.361. The van der Waals surface area contributed by atoms with Gasteiger partial charge in [0.15, 0.2) is 0 Å². The van der Waals surface area contributed by atoms with E-state index < -0.39 is 5.97 Å². The molecule has 0 fully saturated rings. The van der Waals surface area contributed by atoms with Gasteiger partial charge in [0.1, 0.15) is 5.82 Å². The lowest BCUT2D eigenvalue weighted by atomic mass is 10.2. The molecule has 0 bridgehead atoms. The van der Waals surface area contributed by atoms with Gasteiger partial charge in [0.2, 0.25) is 5.95 Å². The second kappa shape index (κ2) is 7.44. The molecule has 0 spiro atoms. The molecule has 0 amide bonds. The Kier molecular flexibility index (Phi) is 5.35. The molecule has 0 aliphatic rings. The number of nitrogens with one attached hydrogen (secondary N) is 1. The van der Waals surface area contributed by atoms with Crippen molar-refractivity contribution < 1.29 is 13.9 Å². The van der Waals surface area contributed by atoms with Crippen LogP contribution in [0.1, 0.15) is 28.7 Å². The molecule has 7 heteroatoms. The topological polar surface area (TPSA) is 77.0 Å². The van der Waals surface area contributed by atoms with E-state index in [1.165, 1.54) is 18.5 Å². The molecule has 0 aliphatic carbocycles. The number of hydrogen-bond donors (Lipinski definition) is 1. The fourth-order valence-corrected chi connectivity index (χ4v) is 1.82. The van der Waals surface area contributed by atoms with Gasteiger partial charge in [-0.1, -0.05) is 0 Å². The molecule has 0 radical (unpaired) electrons.